The summed E-state index contributed by atoms with van der Waals surface area (Å²) in [4.78, 5) is 42.8. The lowest BCUT2D eigenvalue weighted by atomic mass is 9.76. The normalized spacial score (nSPS) is 20.0. The van der Waals surface area contributed by atoms with E-state index in [-0.39, 0.29) is 11.5 Å². The molecule has 3 N–H and O–H groups in total. The number of nitrogens with zero attached hydrogens (tertiary/aromatic N) is 1. The third-order valence-electron chi connectivity index (χ3n) is 7.36. The van der Waals surface area contributed by atoms with Crippen molar-refractivity contribution in [2.75, 3.05) is 5.32 Å². The molecule has 1 aliphatic rings. The molecular formula is C32H26ClF2N3O3. The summed E-state index contributed by atoms with van der Waals surface area (Å²) in [6, 6.07) is 21.3. The van der Waals surface area contributed by atoms with E-state index in [0.717, 1.165) is 5.56 Å². The highest BCUT2D eigenvalue weighted by Gasteiger charge is 2.57. The monoisotopic (exact) mass is 573 g/mol. The second-order valence-corrected chi connectivity index (χ2v) is 10.5. The zero-order valence-electron chi connectivity index (χ0n) is 21.9. The fraction of sp³-hybridized carbons (Fsp3) is 0.156. The van der Waals surface area contributed by atoms with Crippen LogP contribution >= 0.6 is 11.6 Å². The van der Waals surface area contributed by atoms with Crippen molar-refractivity contribution in [1.29, 1.82) is 0 Å². The van der Waals surface area contributed by atoms with Gasteiger partial charge in [0, 0.05) is 22.2 Å². The van der Waals surface area contributed by atoms with Gasteiger partial charge in [-0.1, -0.05) is 59.6 Å². The van der Waals surface area contributed by atoms with Gasteiger partial charge >= 0.3 is 6.03 Å². The molecule has 5 rings (SSSR count). The predicted octanol–water partition coefficient (Wildman–Crippen LogP) is 6.65. The number of halogens is 3. The lowest BCUT2D eigenvalue weighted by molar-refractivity contribution is -0.122. The first-order valence-corrected chi connectivity index (χ1v) is 13.3. The second kappa shape index (κ2) is 11.5. The zero-order valence-corrected chi connectivity index (χ0v) is 22.7. The van der Waals surface area contributed by atoms with Crippen molar-refractivity contribution in [1.82, 2.24) is 4.90 Å². The van der Waals surface area contributed by atoms with Crippen molar-refractivity contribution in [3.05, 3.63) is 136 Å². The van der Waals surface area contributed by atoms with Crippen LogP contribution in [0.3, 0.4) is 0 Å². The number of aryl methyl sites for hydroxylation is 1. The van der Waals surface area contributed by atoms with Crippen molar-refractivity contribution in [2.45, 2.75) is 24.9 Å². The van der Waals surface area contributed by atoms with Gasteiger partial charge in [0.25, 0.3) is 0 Å². The fourth-order valence-electron chi connectivity index (χ4n) is 5.60. The molecule has 0 bridgehead atoms. The van der Waals surface area contributed by atoms with Gasteiger partial charge in [-0.3, -0.25) is 9.59 Å². The minimum Gasteiger partial charge on any atom is -0.368 e. The van der Waals surface area contributed by atoms with Crippen LogP contribution in [0.15, 0.2) is 97.1 Å². The molecule has 4 aromatic rings. The topological polar surface area (TPSA) is 92.5 Å². The van der Waals surface area contributed by atoms with E-state index in [1.807, 2.05) is 13.0 Å². The summed E-state index contributed by atoms with van der Waals surface area (Å²) in [6.07, 6.45) is 0. The van der Waals surface area contributed by atoms with Crippen LogP contribution < -0.4 is 11.1 Å². The van der Waals surface area contributed by atoms with Crippen LogP contribution in [0.1, 0.15) is 39.0 Å². The van der Waals surface area contributed by atoms with Gasteiger partial charge in [-0.15, -0.1) is 0 Å². The van der Waals surface area contributed by atoms with Gasteiger partial charge in [-0.05, 0) is 72.6 Å². The molecule has 1 aliphatic heterocycles. The minimum absolute atomic E-state index is 0.279. The molecule has 1 heterocycles. The SMILES string of the molecule is Cc1cccc(C(=O)C2C(c3ccc(F)cc3)C(C(N)=O)N(C(=O)Nc3ccc(F)cc3)C2c2ccc(Cl)cc2)c1. The smallest absolute Gasteiger partial charge is 0.323 e. The molecule has 9 heteroatoms. The Bertz CT molecular complexity index is 1590. The predicted molar refractivity (Wildman–Crippen MR) is 153 cm³/mol. The van der Waals surface area contributed by atoms with Crippen LogP contribution in [0.5, 0.6) is 0 Å². The van der Waals surface area contributed by atoms with Crippen molar-refractivity contribution in [3.63, 3.8) is 0 Å². The van der Waals surface area contributed by atoms with E-state index in [1.54, 1.807) is 42.5 Å². The standard InChI is InChI=1S/C32H26ClF2N3O3/c1-18-3-2-4-21(17-18)30(39)27-26(19-7-11-23(34)12-8-19)29(31(36)40)38(28(27)20-5-9-22(33)10-6-20)32(41)37-25-15-13-24(35)14-16-25/h2-17,26-29H,1H3,(H2,36,40)(H,37,41). The average molecular weight is 574 g/mol. The lowest BCUT2D eigenvalue weighted by Crippen LogP contribution is -2.48. The summed E-state index contributed by atoms with van der Waals surface area (Å²) >= 11 is 6.17. The van der Waals surface area contributed by atoms with Gasteiger partial charge in [0.15, 0.2) is 5.78 Å². The molecule has 0 aromatic heterocycles. The van der Waals surface area contributed by atoms with Crippen molar-refractivity contribution < 1.29 is 23.2 Å². The molecule has 3 amide bonds. The van der Waals surface area contributed by atoms with Crippen LogP contribution in [-0.4, -0.2) is 28.7 Å². The summed E-state index contributed by atoms with van der Waals surface area (Å²) < 4.78 is 27.5. The number of nitrogens with two attached hydrogens (primary N) is 1. The van der Waals surface area contributed by atoms with Gasteiger partial charge in [0.1, 0.15) is 17.7 Å². The maximum absolute atomic E-state index is 14.4. The largest absolute Gasteiger partial charge is 0.368 e. The van der Waals surface area contributed by atoms with Gasteiger partial charge in [0.2, 0.25) is 5.91 Å². The molecule has 41 heavy (non-hydrogen) atoms. The molecule has 0 aliphatic carbocycles. The molecule has 4 atom stereocenters. The highest BCUT2D eigenvalue weighted by Crippen LogP contribution is 2.51. The first-order valence-electron chi connectivity index (χ1n) is 12.9. The Balaban J connectivity index is 1.72. The van der Waals surface area contributed by atoms with E-state index in [1.165, 1.54) is 53.4 Å². The number of ketones is 1. The maximum Gasteiger partial charge on any atom is 0.323 e. The van der Waals surface area contributed by atoms with Crippen LogP contribution in [0.25, 0.3) is 0 Å². The molecule has 0 spiro atoms. The number of carbonyl (C=O) groups excluding carboxylic acids is 3. The Morgan fingerprint density at radius 2 is 1.41 bits per heavy atom. The third-order valence-corrected chi connectivity index (χ3v) is 7.61. The van der Waals surface area contributed by atoms with Gasteiger partial charge in [-0.25, -0.2) is 13.6 Å². The number of primary amides is 1. The van der Waals surface area contributed by atoms with Crippen molar-refractivity contribution in [3.8, 4) is 0 Å². The summed E-state index contributed by atoms with van der Waals surface area (Å²) in [6.45, 7) is 1.86. The molecule has 0 saturated carbocycles. The third kappa shape index (κ3) is 5.69. The second-order valence-electron chi connectivity index (χ2n) is 10.0. The average Bonchev–Trinajstić information content (AvgIpc) is 3.31. The van der Waals surface area contributed by atoms with Crippen LogP contribution in [0, 0.1) is 24.5 Å². The number of hydrogen-bond donors (Lipinski definition) is 2. The number of benzene rings is 4. The Morgan fingerprint density at radius 1 is 0.829 bits per heavy atom. The fourth-order valence-corrected chi connectivity index (χ4v) is 5.73. The zero-order chi connectivity index (χ0) is 29.3. The van der Waals surface area contributed by atoms with E-state index in [0.29, 0.717) is 21.7 Å². The molecule has 4 unspecified atom stereocenters. The van der Waals surface area contributed by atoms with Gasteiger partial charge in [0.05, 0.1) is 12.0 Å². The molecule has 4 aromatic carbocycles. The number of amides is 3. The Morgan fingerprint density at radius 3 is 2.00 bits per heavy atom. The van der Waals surface area contributed by atoms with E-state index in [4.69, 9.17) is 17.3 Å². The van der Waals surface area contributed by atoms with Crippen molar-refractivity contribution >= 4 is 35.0 Å². The number of anilines is 1. The van der Waals surface area contributed by atoms with E-state index < -0.39 is 47.5 Å². The van der Waals surface area contributed by atoms with E-state index in [2.05, 4.69) is 5.32 Å². The quantitative estimate of drug-likeness (QED) is 0.253. The molecular weight excluding hydrogens is 548 g/mol. The van der Waals surface area contributed by atoms with Crippen molar-refractivity contribution in [2.24, 2.45) is 11.7 Å². The molecule has 0 radical (unpaired) electrons. The van der Waals surface area contributed by atoms with Gasteiger partial charge < -0.3 is 16.0 Å². The maximum atomic E-state index is 14.4. The van der Waals surface area contributed by atoms with Crippen LogP contribution in [0.4, 0.5) is 19.3 Å². The van der Waals surface area contributed by atoms with E-state index in [9.17, 15) is 23.2 Å². The van der Waals surface area contributed by atoms with E-state index >= 15 is 0 Å². The number of carbonyl (C=O) groups is 3. The molecule has 1 fully saturated rings. The number of Topliss-reactive ketones (excluding diaryl/α,β-unsaturated/α-hetero) is 1. The number of hydrogen-bond acceptors (Lipinski definition) is 3. The highest BCUT2D eigenvalue weighted by atomic mass is 35.5. The van der Waals surface area contributed by atoms with Crippen LogP contribution in [0.2, 0.25) is 5.02 Å². The number of urea groups is 1. The van der Waals surface area contributed by atoms with Crippen LogP contribution in [-0.2, 0) is 4.79 Å². The number of likely N-dealkylation sites (tertiary alicyclic amines) is 1. The molecule has 208 valence electrons. The Hall–Kier alpha value is -4.56. The lowest BCUT2D eigenvalue weighted by Gasteiger charge is -2.31. The Kier molecular flexibility index (Phi) is 7.85. The summed E-state index contributed by atoms with van der Waals surface area (Å²) in [5.74, 6) is -4.04. The summed E-state index contributed by atoms with van der Waals surface area (Å²) in [7, 11) is 0. The molecule has 6 nitrogen and oxygen atoms in total. The summed E-state index contributed by atoms with van der Waals surface area (Å²) in [5, 5.41) is 3.15. The first kappa shape index (κ1) is 28.0. The minimum atomic E-state index is -1.29. The highest BCUT2D eigenvalue weighted by molar-refractivity contribution is 6.30. The number of rotatable bonds is 6. The first-order chi connectivity index (χ1) is 19.6. The number of nitrogens with one attached hydrogen (secondary N) is 1. The Labute approximate surface area is 240 Å². The van der Waals surface area contributed by atoms with Gasteiger partial charge in [-0.2, -0.15) is 0 Å². The summed E-state index contributed by atoms with van der Waals surface area (Å²) in [5.41, 5.74) is 8.51. The molecule has 1 saturated heterocycles.